The van der Waals surface area contributed by atoms with Gasteiger partial charge < -0.3 is 26.3 Å². The topological polar surface area (TPSA) is 149 Å². The Hall–Kier alpha value is -2.71. The maximum atomic E-state index is 11.9. The van der Waals surface area contributed by atoms with E-state index in [1.165, 1.54) is 0 Å². The Labute approximate surface area is 137 Å². The second-order valence-corrected chi connectivity index (χ2v) is 5.45. The van der Waals surface area contributed by atoms with Crippen molar-refractivity contribution in [2.75, 3.05) is 0 Å². The third kappa shape index (κ3) is 4.40. The summed E-state index contributed by atoms with van der Waals surface area (Å²) in [6.07, 6.45) is 1.55. The summed E-state index contributed by atoms with van der Waals surface area (Å²) in [6.45, 7) is 0. The molecule has 0 aliphatic rings. The van der Waals surface area contributed by atoms with Gasteiger partial charge in [-0.2, -0.15) is 0 Å². The number of ether oxygens (including phenoxy) is 1. The van der Waals surface area contributed by atoms with Crippen LogP contribution in [0.2, 0.25) is 0 Å². The Bertz CT molecular complexity index is 755. The minimum Gasteiger partial charge on any atom is -0.481 e. The number of carbonyl (C=O) groups excluding carboxylic acids is 2. The Morgan fingerprint density at radius 2 is 1.79 bits per heavy atom. The van der Waals surface area contributed by atoms with E-state index in [1.54, 1.807) is 6.20 Å². The molecule has 0 radical (unpaired) electrons. The molecular weight excluding hydrogens is 314 g/mol. The quantitative estimate of drug-likeness (QED) is 0.420. The van der Waals surface area contributed by atoms with E-state index in [0.717, 1.165) is 16.5 Å². The summed E-state index contributed by atoms with van der Waals surface area (Å²) < 4.78 is 4.64. The van der Waals surface area contributed by atoms with Crippen molar-refractivity contribution >= 4 is 28.8 Å². The average molecular weight is 333 g/mol. The summed E-state index contributed by atoms with van der Waals surface area (Å²) in [4.78, 5) is 37.1. The van der Waals surface area contributed by atoms with Gasteiger partial charge in [0.15, 0.2) is 0 Å². The maximum Gasteiger partial charge on any atom is 0.330 e. The first-order valence-electron chi connectivity index (χ1n) is 7.42. The standard InChI is InChI=1S/C16H19N3O5/c17-11(5-6-14(20)21)15(22)24-16(23)12(18)7-9-8-19-13-4-2-1-3-10(9)13/h1-4,8,11-12,19H,5-7,17-18H2,(H,20,21)/t11-,12-/m0/s1. The van der Waals surface area contributed by atoms with Gasteiger partial charge >= 0.3 is 17.9 Å². The van der Waals surface area contributed by atoms with Crippen LogP contribution >= 0.6 is 0 Å². The molecule has 0 bridgehead atoms. The number of fused-ring (bicyclic) bond motifs is 1. The van der Waals surface area contributed by atoms with Crippen molar-refractivity contribution in [3.63, 3.8) is 0 Å². The highest BCUT2D eigenvalue weighted by Crippen LogP contribution is 2.19. The molecule has 0 fully saturated rings. The zero-order valence-electron chi connectivity index (χ0n) is 12.9. The normalized spacial score (nSPS) is 13.4. The number of aromatic nitrogens is 1. The maximum absolute atomic E-state index is 11.9. The number of esters is 2. The molecule has 0 aliphatic heterocycles. The van der Waals surface area contributed by atoms with Crippen molar-refractivity contribution in [3.05, 3.63) is 36.0 Å². The number of hydrogen-bond acceptors (Lipinski definition) is 6. The molecule has 0 amide bonds. The number of para-hydroxylation sites is 1. The lowest BCUT2D eigenvalue weighted by Crippen LogP contribution is -2.40. The van der Waals surface area contributed by atoms with E-state index in [-0.39, 0.29) is 19.3 Å². The van der Waals surface area contributed by atoms with Crippen molar-refractivity contribution in [3.8, 4) is 0 Å². The number of H-pyrrole nitrogens is 1. The van der Waals surface area contributed by atoms with Crippen molar-refractivity contribution in [2.45, 2.75) is 31.3 Å². The van der Waals surface area contributed by atoms with E-state index in [1.807, 2.05) is 24.3 Å². The van der Waals surface area contributed by atoms with E-state index < -0.39 is 30.0 Å². The van der Waals surface area contributed by atoms with Crippen LogP contribution in [0.1, 0.15) is 18.4 Å². The Kier molecular flexibility index (Phi) is 5.67. The minimum absolute atomic E-state index is 0.112. The van der Waals surface area contributed by atoms with Gasteiger partial charge in [0.05, 0.1) is 0 Å². The lowest BCUT2D eigenvalue weighted by Gasteiger charge is -2.13. The van der Waals surface area contributed by atoms with Crippen LogP contribution < -0.4 is 11.5 Å². The fourth-order valence-corrected chi connectivity index (χ4v) is 2.27. The van der Waals surface area contributed by atoms with E-state index >= 15 is 0 Å². The van der Waals surface area contributed by atoms with Gasteiger partial charge in [-0.25, -0.2) is 9.59 Å². The Morgan fingerprint density at radius 3 is 2.50 bits per heavy atom. The van der Waals surface area contributed by atoms with Crippen LogP contribution in [0, 0.1) is 0 Å². The van der Waals surface area contributed by atoms with Crippen LogP contribution in [0.15, 0.2) is 30.5 Å². The third-order valence-corrected chi connectivity index (χ3v) is 3.59. The van der Waals surface area contributed by atoms with Gasteiger partial charge in [0, 0.05) is 29.9 Å². The van der Waals surface area contributed by atoms with Gasteiger partial charge in [-0.3, -0.25) is 4.79 Å². The number of nitrogens with one attached hydrogen (secondary N) is 1. The highest BCUT2D eigenvalue weighted by molar-refractivity contribution is 5.91. The predicted molar refractivity (Wildman–Crippen MR) is 85.9 cm³/mol. The lowest BCUT2D eigenvalue weighted by molar-refractivity contribution is -0.161. The van der Waals surface area contributed by atoms with E-state index in [4.69, 9.17) is 16.6 Å². The highest BCUT2D eigenvalue weighted by atomic mass is 16.6. The van der Waals surface area contributed by atoms with Gasteiger partial charge in [-0.05, 0) is 18.1 Å². The van der Waals surface area contributed by atoms with Gasteiger partial charge in [-0.1, -0.05) is 18.2 Å². The van der Waals surface area contributed by atoms with Crippen LogP contribution in [-0.4, -0.2) is 40.1 Å². The Morgan fingerprint density at radius 1 is 1.12 bits per heavy atom. The van der Waals surface area contributed by atoms with Crippen LogP contribution in [0.5, 0.6) is 0 Å². The molecule has 2 aromatic rings. The highest BCUT2D eigenvalue weighted by Gasteiger charge is 2.24. The van der Waals surface area contributed by atoms with Crippen LogP contribution in [-0.2, 0) is 25.5 Å². The van der Waals surface area contributed by atoms with E-state index in [2.05, 4.69) is 9.72 Å². The minimum atomic E-state index is -1.18. The molecule has 2 rings (SSSR count). The fourth-order valence-electron chi connectivity index (χ4n) is 2.27. The summed E-state index contributed by atoms with van der Waals surface area (Å²) in [5.41, 5.74) is 13.0. The fraction of sp³-hybridized carbons (Fsp3) is 0.312. The number of nitrogens with two attached hydrogens (primary N) is 2. The smallest absolute Gasteiger partial charge is 0.330 e. The van der Waals surface area contributed by atoms with E-state index in [0.29, 0.717) is 0 Å². The molecular formula is C16H19N3O5. The molecule has 1 aromatic heterocycles. The molecule has 8 nitrogen and oxygen atoms in total. The summed E-state index contributed by atoms with van der Waals surface area (Å²) in [5.74, 6) is -2.95. The van der Waals surface area contributed by atoms with E-state index in [9.17, 15) is 14.4 Å². The van der Waals surface area contributed by atoms with Crippen molar-refractivity contribution < 1.29 is 24.2 Å². The van der Waals surface area contributed by atoms with Gasteiger partial charge in [0.25, 0.3) is 0 Å². The molecule has 0 saturated heterocycles. The molecule has 24 heavy (non-hydrogen) atoms. The summed E-state index contributed by atoms with van der Waals surface area (Å²) in [6, 6.07) is 5.34. The molecule has 0 unspecified atom stereocenters. The molecule has 1 heterocycles. The van der Waals surface area contributed by atoms with Crippen molar-refractivity contribution in [1.82, 2.24) is 4.98 Å². The van der Waals surface area contributed by atoms with Crippen molar-refractivity contribution in [2.24, 2.45) is 11.5 Å². The first kappa shape index (κ1) is 17.6. The molecule has 128 valence electrons. The first-order valence-corrected chi connectivity index (χ1v) is 7.42. The molecule has 0 spiro atoms. The summed E-state index contributed by atoms with van der Waals surface area (Å²) in [5, 5.41) is 9.48. The molecule has 6 N–H and O–H groups in total. The zero-order chi connectivity index (χ0) is 17.7. The lowest BCUT2D eigenvalue weighted by atomic mass is 10.1. The number of carbonyl (C=O) groups is 3. The second kappa shape index (κ2) is 7.71. The number of rotatable bonds is 7. The number of carboxylic acid groups (broad SMARTS) is 1. The molecule has 8 heteroatoms. The van der Waals surface area contributed by atoms with Gasteiger partial charge in [-0.15, -0.1) is 0 Å². The zero-order valence-corrected chi connectivity index (χ0v) is 12.9. The SMILES string of the molecule is N[C@@H](CCC(=O)O)C(=O)OC(=O)[C@@H](N)Cc1c[nH]c2ccccc12. The third-order valence-electron chi connectivity index (χ3n) is 3.59. The predicted octanol–water partition coefficient (Wildman–Crippen LogP) is 0.300. The number of aliphatic carboxylic acids is 1. The van der Waals surface area contributed by atoms with Crippen LogP contribution in [0.25, 0.3) is 10.9 Å². The average Bonchev–Trinajstić information content (AvgIpc) is 2.95. The molecule has 1 aromatic carbocycles. The van der Waals surface area contributed by atoms with Gasteiger partial charge in [0.2, 0.25) is 0 Å². The Balaban J connectivity index is 1.92. The first-order chi connectivity index (χ1) is 11.4. The summed E-state index contributed by atoms with van der Waals surface area (Å²) >= 11 is 0. The second-order valence-electron chi connectivity index (χ2n) is 5.45. The monoisotopic (exact) mass is 333 g/mol. The van der Waals surface area contributed by atoms with Crippen LogP contribution in [0.3, 0.4) is 0 Å². The number of carboxylic acids is 1. The summed E-state index contributed by atoms with van der Waals surface area (Å²) in [7, 11) is 0. The number of hydrogen-bond donors (Lipinski definition) is 4. The van der Waals surface area contributed by atoms with Gasteiger partial charge in [0.1, 0.15) is 12.1 Å². The molecule has 2 atom stereocenters. The molecule has 0 aliphatic carbocycles. The van der Waals surface area contributed by atoms with Crippen LogP contribution in [0.4, 0.5) is 0 Å². The van der Waals surface area contributed by atoms with Crippen molar-refractivity contribution in [1.29, 1.82) is 0 Å². The number of benzene rings is 1. The number of aromatic amines is 1. The largest absolute Gasteiger partial charge is 0.481 e. The molecule has 0 saturated carbocycles.